The van der Waals surface area contributed by atoms with Crippen molar-refractivity contribution in [1.82, 2.24) is 9.97 Å². The number of aromatic nitrogens is 2. The lowest BCUT2D eigenvalue weighted by molar-refractivity contribution is 0.276. The van der Waals surface area contributed by atoms with E-state index >= 15 is 0 Å². The summed E-state index contributed by atoms with van der Waals surface area (Å²) in [5, 5.41) is 8.81. The largest absolute Gasteiger partial charge is 0.390 e. The molecule has 1 aromatic rings. The van der Waals surface area contributed by atoms with E-state index in [4.69, 9.17) is 5.11 Å². The van der Waals surface area contributed by atoms with E-state index in [-0.39, 0.29) is 12.1 Å². The van der Waals surface area contributed by atoms with E-state index in [1.807, 2.05) is 11.9 Å². The highest BCUT2D eigenvalue weighted by Crippen LogP contribution is 2.18. The molecule has 0 aliphatic heterocycles. The first-order valence-electron chi connectivity index (χ1n) is 4.61. The van der Waals surface area contributed by atoms with Gasteiger partial charge in [-0.15, -0.1) is 0 Å². The van der Waals surface area contributed by atoms with Crippen molar-refractivity contribution < 1.29 is 5.11 Å². The highest BCUT2D eigenvalue weighted by Gasteiger charge is 2.18. The standard InChI is InChI=1S/C10H17N3O/c1-10(2,3)13(4)9-6-11-8(7-14)5-12-9/h5-6,14H,7H2,1-4H3. The number of hydrogen-bond acceptors (Lipinski definition) is 4. The molecule has 0 bridgehead atoms. The Labute approximate surface area is 84.6 Å². The average molecular weight is 195 g/mol. The molecule has 78 valence electrons. The minimum absolute atomic E-state index is 0.0232. The molecule has 0 amide bonds. The molecule has 0 aliphatic rings. The van der Waals surface area contributed by atoms with Crippen LogP contribution in [0.15, 0.2) is 12.4 Å². The van der Waals surface area contributed by atoms with Crippen LogP contribution in [0.25, 0.3) is 0 Å². The third kappa shape index (κ3) is 2.42. The highest BCUT2D eigenvalue weighted by atomic mass is 16.3. The SMILES string of the molecule is CN(c1cnc(CO)cn1)C(C)(C)C. The van der Waals surface area contributed by atoms with E-state index < -0.39 is 0 Å². The van der Waals surface area contributed by atoms with Gasteiger partial charge in [0.15, 0.2) is 0 Å². The monoisotopic (exact) mass is 195 g/mol. The maximum absolute atomic E-state index is 8.81. The van der Waals surface area contributed by atoms with Gasteiger partial charge in [0.25, 0.3) is 0 Å². The molecular formula is C10H17N3O. The van der Waals surface area contributed by atoms with Crippen LogP contribution in [0, 0.1) is 0 Å². The molecule has 0 spiro atoms. The molecule has 0 saturated heterocycles. The van der Waals surface area contributed by atoms with Crippen molar-refractivity contribution in [3.63, 3.8) is 0 Å². The molecule has 0 aromatic carbocycles. The second kappa shape index (κ2) is 3.92. The topological polar surface area (TPSA) is 49.2 Å². The second-order valence-corrected chi connectivity index (χ2v) is 4.25. The Kier molecular flexibility index (Phi) is 3.06. The fourth-order valence-electron chi connectivity index (χ4n) is 0.946. The zero-order valence-corrected chi connectivity index (χ0v) is 9.15. The number of aliphatic hydroxyl groups is 1. The summed E-state index contributed by atoms with van der Waals surface area (Å²) >= 11 is 0. The molecule has 1 rings (SSSR count). The zero-order valence-electron chi connectivity index (χ0n) is 9.15. The van der Waals surface area contributed by atoms with Crippen molar-refractivity contribution in [3.05, 3.63) is 18.1 Å². The van der Waals surface area contributed by atoms with Crippen molar-refractivity contribution in [1.29, 1.82) is 0 Å². The first kappa shape index (κ1) is 10.9. The van der Waals surface area contributed by atoms with E-state index in [9.17, 15) is 0 Å². The quantitative estimate of drug-likeness (QED) is 0.770. The fraction of sp³-hybridized carbons (Fsp3) is 0.600. The Morgan fingerprint density at radius 1 is 1.29 bits per heavy atom. The third-order valence-corrected chi connectivity index (χ3v) is 2.20. The van der Waals surface area contributed by atoms with Crippen LogP contribution in [0.2, 0.25) is 0 Å². The van der Waals surface area contributed by atoms with Crippen molar-refractivity contribution in [2.24, 2.45) is 0 Å². The lowest BCUT2D eigenvalue weighted by Gasteiger charge is -2.32. The molecule has 0 unspecified atom stereocenters. The van der Waals surface area contributed by atoms with Gasteiger partial charge in [0.2, 0.25) is 0 Å². The van der Waals surface area contributed by atoms with Crippen LogP contribution in [0.3, 0.4) is 0 Å². The molecule has 4 nitrogen and oxygen atoms in total. The van der Waals surface area contributed by atoms with Gasteiger partial charge in [-0.2, -0.15) is 0 Å². The number of nitrogens with zero attached hydrogens (tertiary/aromatic N) is 3. The number of rotatable bonds is 2. The predicted octanol–water partition coefficient (Wildman–Crippen LogP) is 1.20. The molecule has 0 radical (unpaired) electrons. The summed E-state index contributed by atoms with van der Waals surface area (Å²) in [5.74, 6) is 0.815. The molecular weight excluding hydrogens is 178 g/mol. The van der Waals surface area contributed by atoms with Crippen LogP contribution in [-0.2, 0) is 6.61 Å². The minimum atomic E-state index is -0.0630. The predicted molar refractivity (Wildman–Crippen MR) is 56.1 cm³/mol. The van der Waals surface area contributed by atoms with Gasteiger partial charge < -0.3 is 10.0 Å². The van der Waals surface area contributed by atoms with Crippen LogP contribution >= 0.6 is 0 Å². The third-order valence-electron chi connectivity index (χ3n) is 2.20. The van der Waals surface area contributed by atoms with Crippen LogP contribution in [-0.4, -0.2) is 27.7 Å². The van der Waals surface area contributed by atoms with Crippen molar-refractivity contribution in [2.75, 3.05) is 11.9 Å². The molecule has 1 heterocycles. The lowest BCUT2D eigenvalue weighted by atomic mass is 10.1. The summed E-state index contributed by atoms with van der Waals surface area (Å²) in [4.78, 5) is 10.3. The first-order chi connectivity index (χ1) is 6.45. The molecule has 4 heteroatoms. The Morgan fingerprint density at radius 3 is 2.29 bits per heavy atom. The van der Waals surface area contributed by atoms with Gasteiger partial charge in [0.05, 0.1) is 24.7 Å². The van der Waals surface area contributed by atoms with Crippen molar-refractivity contribution in [2.45, 2.75) is 32.9 Å². The summed E-state index contributed by atoms with van der Waals surface area (Å²) in [5.41, 5.74) is 0.617. The number of aliphatic hydroxyl groups excluding tert-OH is 1. The summed E-state index contributed by atoms with van der Waals surface area (Å²) in [7, 11) is 1.97. The summed E-state index contributed by atoms with van der Waals surface area (Å²) in [6.07, 6.45) is 3.27. The molecule has 1 N–H and O–H groups in total. The zero-order chi connectivity index (χ0) is 10.8. The fourth-order valence-corrected chi connectivity index (χ4v) is 0.946. The average Bonchev–Trinajstić information content (AvgIpc) is 2.15. The second-order valence-electron chi connectivity index (χ2n) is 4.25. The van der Waals surface area contributed by atoms with Crippen molar-refractivity contribution >= 4 is 5.82 Å². The minimum Gasteiger partial charge on any atom is -0.390 e. The van der Waals surface area contributed by atoms with Gasteiger partial charge in [-0.25, -0.2) is 4.98 Å². The Hall–Kier alpha value is -1.16. The maximum Gasteiger partial charge on any atom is 0.147 e. The van der Waals surface area contributed by atoms with E-state index in [0.717, 1.165) is 5.82 Å². The molecule has 0 atom stereocenters. The van der Waals surface area contributed by atoms with Crippen LogP contribution in [0.5, 0.6) is 0 Å². The highest BCUT2D eigenvalue weighted by molar-refractivity contribution is 5.37. The normalized spacial score (nSPS) is 11.5. The molecule has 1 aromatic heterocycles. The van der Waals surface area contributed by atoms with E-state index in [0.29, 0.717) is 5.69 Å². The van der Waals surface area contributed by atoms with Gasteiger partial charge in [0, 0.05) is 12.6 Å². The Bertz CT molecular complexity index is 289. The van der Waals surface area contributed by atoms with Gasteiger partial charge in [0.1, 0.15) is 5.82 Å². The van der Waals surface area contributed by atoms with E-state index in [1.54, 1.807) is 12.4 Å². The Balaban J connectivity index is 2.87. The molecule has 0 fully saturated rings. The summed E-state index contributed by atoms with van der Waals surface area (Å²) < 4.78 is 0. The number of hydrogen-bond donors (Lipinski definition) is 1. The Morgan fingerprint density at radius 2 is 1.93 bits per heavy atom. The molecule has 0 saturated carbocycles. The van der Waals surface area contributed by atoms with E-state index in [2.05, 4.69) is 30.7 Å². The van der Waals surface area contributed by atoms with Gasteiger partial charge >= 0.3 is 0 Å². The lowest BCUT2D eigenvalue weighted by Crippen LogP contribution is -2.38. The summed E-state index contributed by atoms with van der Waals surface area (Å²) in [6, 6.07) is 0. The first-order valence-corrected chi connectivity index (χ1v) is 4.61. The molecule has 0 aliphatic carbocycles. The smallest absolute Gasteiger partial charge is 0.147 e. The molecule has 14 heavy (non-hydrogen) atoms. The van der Waals surface area contributed by atoms with Gasteiger partial charge in [-0.3, -0.25) is 4.98 Å². The van der Waals surface area contributed by atoms with Crippen LogP contribution in [0.1, 0.15) is 26.5 Å². The van der Waals surface area contributed by atoms with Crippen molar-refractivity contribution in [3.8, 4) is 0 Å². The maximum atomic E-state index is 8.81. The number of anilines is 1. The van der Waals surface area contributed by atoms with Gasteiger partial charge in [-0.1, -0.05) is 0 Å². The summed E-state index contributed by atoms with van der Waals surface area (Å²) in [6.45, 7) is 6.25. The van der Waals surface area contributed by atoms with Crippen LogP contribution in [0.4, 0.5) is 5.82 Å². The van der Waals surface area contributed by atoms with Crippen LogP contribution < -0.4 is 4.90 Å². The van der Waals surface area contributed by atoms with Gasteiger partial charge in [-0.05, 0) is 20.8 Å². The van der Waals surface area contributed by atoms with E-state index in [1.165, 1.54) is 0 Å².